The van der Waals surface area contributed by atoms with Crippen LogP contribution < -0.4 is 0 Å². The van der Waals surface area contributed by atoms with Crippen LogP contribution >= 0.6 is 0 Å². The number of carbonyl (C=O) groups excluding carboxylic acids is 1. The zero-order chi connectivity index (χ0) is 18.5. The van der Waals surface area contributed by atoms with Crippen LogP contribution in [0.5, 0.6) is 0 Å². The minimum Gasteiger partial charge on any atom is -0.383 e. The van der Waals surface area contributed by atoms with Gasteiger partial charge in [0.15, 0.2) is 0 Å². The molecule has 2 fully saturated rings. The van der Waals surface area contributed by atoms with Gasteiger partial charge in [-0.1, -0.05) is 20.3 Å². The van der Waals surface area contributed by atoms with Crippen molar-refractivity contribution < 1.29 is 9.53 Å². The fraction of sp³-hybridized carbons (Fsp3) is 0.800. The Bertz CT molecular complexity index is 584. The average Bonchev–Trinajstić information content (AvgIpc) is 3.15. The molecule has 3 rings (SSSR count). The molecule has 0 radical (unpaired) electrons. The van der Waals surface area contributed by atoms with Gasteiger partial charge in [-0.2, -0.15) is 5.10 Å². The number of piperidine rings is 2. The molecule has 3 heterocycles. The quantitative estimate of drug-likeness (QED) is 0.810. The van der Waals surface area contributed by atoms with E-state index in [1.807, 2.05) is 11.0 Å². The molecule has 0 spiro atoms. The first-order valence-corrected chi connectivity index (χ1v) is 10.2. The van der Waals surface area contributed by atoms with E-state index in [0.29, 0.717) is 36.7 Å². The van der Waals surface area contributed by atoms with E-state index in [2.05, 4.69) is 28.9 Å². The SMILES string of the molecule is COCCN(CC1CCCN2CCCCC12)C(=O)c1cc(C(C)C)[nH]n1. The second-order valence-corrected chi connectivity index (χ2v) is 8.11. The number of methoxy groups -OCH3 is 1. The second-order valence-electron chi connectivity index (χ2n) is 8.11. The molecule has 2 unspecified atom stereocenters. The Hall–Kier alpha value is -1.40. The van der Waals surface area contributed by atoms with Gasteiger partial charge in [-0.3, -0.25) is 9.89 Å². The maximum atomic E-state index is 13.1. The molecule has 2 saturated heterocycles. The molecule has 2 aliphatic rings. The van der Waals surface area contributed by atoms with E-state index in [1.165, 1.54) is 45.2 Å². The molecule has 2 atom stereocenters. The van der Waals surface area contributed by atoms with Gasteiger partial charge in [0.2, 0.25) is 0 Å². The van der Waals surface area contributed by atoms with Gasteiger partial charge in [-0.25, -0.2) is 0 Å². The molecule has 0 aromatic carbocycles. The number of hydrogen-bond acceptors (Lipinski definition) is 4. The fourth-order valence-electron chi connectivity index (χ4n) is 4.45. The first-order chi connectivity index (χ1) is 12.6. The number of nitrogens with zero attached hydrogens (tertiary/aromatic N) is 3. The van der Waals surface area contributed by atoms with Crippen LogP contribution in [-0.4, -0.2) is 71.8 Å². The summed E-state index contributed by atoms with van der Waals surface area (Å²) in [7, 11) is 1.69. The van der Waals surface area contributed by atoms with Crippen LogP contribution in [0, 0.1) is 5.92 Å². The second kappa shape index (κ2) is 9.00. The Morgan fingerprint density at radius 3 is 2.88 bits per heavy atom. The molecule has 6 heteroatoms. The third kappa shape index (κ3) is 4.46. The minimum atomic E-state index is 0.0260. The summed E-state index contributed by atoms with van der Waals surface area (Å²) >= 11 is 0. The topological polar surface area (TPSA) is 61.5 Å². The Balaban J connectivity index is 1.71. The van der Waals surface area contributed by atoms with Gasteiger partial charge in [0.05, 0.1) is 6.61 Å². The first kappa shape index (κ1) is 19.4. The number of rotatable bonds is 7. The zero-order valence-electron chi connectivity index (χ0n) is 16.5. The monoisotopic (exact) mass is 362 g/mol. The maximum absolute atomic E-state index is 13.1. The summed E-state index contributed by atoms with van der Waals surface area (Å²) < 4.78 is 5.27. The van der Waals surface area contributed by atoms with Crippen LogP contribution in [0.15, 0.2) is 6.07 Å². The molecule has 0 bridgehead atoms. The molecule has 1 amide bonds. The number of H-pyrrole nitrogens is 1. The van der Waals surface area contributed by atoms with Crippen molar-refractivity contribution in [1.29, 1.82) is 0 Å². The highest BCUT2D eigenvalue weighted by atomic mass is 16.5. The molecule has 1 aromatic heterocycles. The van der Waals surface area contributed by atoms with Crippen LogP contribution in [0.1, 0.15) is 68.1 Å². The minimum absolute atomic E-state index is 0.0260. The highest BCUT2D eigenvalue weighted by Crippen LogP contribution is 2.31. The number of nitrogens with one attached hydrogen (secondary N) is 1. The van der Waals surface area contributed by atoms with Crippen molar-refractivity contribution in [3.8, 4) is 0 Å². The predicted molar refractivity (Wildman–Crippen MR) is 102 cm³/mol. The molecule has 2 aliphatic heterocycles. The van der Waals surface area contributed by atoms with Gasteiger partial charge < -0.3 is 14.5 Å². The van der Waals surface area contributed by atoms with E-state index in [-0.39, 0.29) is 5.91 Å². The van der Waals surface area contributed by atoms with Crippen LogP contribution in [-0.2, 0) is 4.74 Å². The molecule has 1 N–H and O–H groups in total. The Morgan fingerprint density at radius 1 is 1.35 bits per heavy atom. The third-order valence-corrected chi connectivity index (χ3v) is 5.97. The summed E-state index contributed by atoms with van der Waals surface area (Å²) in [4.78, 5) is 17.7. The van der Waals surface area contributed by atoms with Gasteiger partial charge in [0.25, 0.3) is 5.91 Å². The van der Waals surface area contributed by atoms with Gasteiger partial charge in [-0.05, 0) is 56.7 Å². The summed E-state index contributed by atoms with van der Waals surface area (Å²) in [6.45, 7) is 8.66. The number of ether oxygens (including phenoxy) is 1. The van der Waals surface area contributed by atoms with E-state index >= 15 is 0 Å². The molecule has 0 saturated carbocycles. The van der Waals surface area contributed by atoms with Crippen molar-refractivity contribution in [3.05, 3.63) is 17.5 Å². The molecule has 6 nitrogen and oxygen atoms in total. The number of aromatic nitrogens is 2. The standard InChI is InChI=1S/C20H34N4O2/c1-15(2)17-13-18(22-21-17)20(25)24(11-12-26-3)14-16-7-6-10-23-9-5-4-8-19(16)23/h13,15-16,19H,4-12,14H2,1-3H3,(H,21,22). The molecule has 146 valence electrons. The number of carbonyl (C=O) groups is 1. The van der Waals surface area contributed by atoms with Crippen molar-refractivity contribution in [2.24, 2.45) is 5.92 Å². The third-order valence-electron chi connectivity index (χ3n) is 5.97. The number of aromatic amines is 1. The lowest BCUT2D eigenvalue weighted by atomic mass is 9.83. The highest BCUT2D eigenvalue weighted by Gasteiger charge is 2.35. The highest BCUT2D eigenvalue weighted by molar-refractivity contribution is 5.92. The largest absolute Gasteiger partial charge is 0.383 e. The Labute approximate surface area is 157 Å². The fourth-order valence-corrected chi connectivity index (χ4v) is 4.45. The van der Waals surface area contributed by atoms with Crippen LogP contribution in [0.3, 0.4) is 0 Å². The maximum Gasteiger partial charge on any atom is 0.274 e. The first-order valence-electron chi connectivity index (χ1n) is 10.2. The summed E-state index contributed by atoms with van der Waals surface area (Å²) in [5.41, 5.74) is 1.54. The predicted octanol–water partition coefficient (Wildman–Crippen LogP) is 2.89. The number of fused-ring (bicyclic) bond motifs is 1. The van der Waals surface area contributed by atoms with Crippen LogP contribution in [0.25, 0.3) is 0 Å². The number of amides is 1. The lowest BCUT2D eigenvalue weighted by molar-refractivity contribution is 0.0313. The van der Waals surface area contributed by atoms with Crippen molar-refractivity contribution in [2.45, 2.75) is 57.9 Å². The molecular formula is C20H34N4O2. The molecular weight excluding hydrogens is 328 g/mol. The normalized spacial score (nSPS) is 23.8. The number of hydrogen-bond donors (Lipinski definition) is 1. The lowest BCUT2D eigenvalue weighted by Crippen LogP contribution is -2.52. The van der Waals surface area contributed by atoms with Crippen LogP contribution in [0.4, 0.5) is 0 Å². The van der Waals surface area contributed by atoms with Gasteiger partial charge in [0.1, 0.15) is 5.69 Å². The Morgan fingerprint density at radius 2 is 2.15 bits per heavy atom. The van der Waals surface area contributed by atoms with E-state index in [1.54, 1.807) is 7.11 Å². The summed E-state index contributed by atoms with van der Waals surface area (Å²) in [6, 6.07) is 2.54. The summed E-state index contributed by atoms with van der Waals surface area (Å²) in [6.07, 6.45) is 6.38. The van der Waals surface area contributed by atoms with E-state index < -0.39 is 0 Å². The van der Waals surface area contributed by atoms with Crippen molar-refractivity contribution >= 4 is 5.91 Å². The molecule has 0 aliphatic carbocycles. The van der Waals surface area contributed by atoms with Crippen LogP contribution in [0.2, 0.25) is 0 Å². The van der Waals surface area contributed by atoms with Crippen molar-refractivity contribution in [2.75, 3.05) is 39.9 Å². The Kier molecular flexibility index (Phi) is 6.70. The van der Waals surface area contributed by atoms with Crippen molar-refractivity contribution in [3.63, 3.8) is 0 Å². The van der Waals surface area contributed by atoms with Crippen molar-refractivity contribution in [1.82, 2.24) is 20.0 Å². The average molecular weight is 363 g/mol. The van der Waals surface area contributed by atoms with Gasteiger partial charge in [-0.15, -0.1) is 0 Å². The molecule has 26 heavy (non-hydrogen) atoms. The van der Waals surface area contributed by atoms with Gasteiger partial charge >= 0.3 is 0 Å². The van der Waals surface area contributed by atoms with Gasteiger partial charge in [0, 0.05) is 31.9 Å². The molecule has 1 aromatic rings. The lowest BCUT2D eigenvalue weighted by Gasteiger charge is -2.45. The van der Waals surface area contributed by atoms with E-state index in [0.717, 1.165) is 12.2 Å². The summed E-state index contributed by atoms with van der Waals surface area (Å²) in [5.74, 6) is 0.928. The zero-order valence-corrected chi connectivity index (χ0v) is 16.5. The smallest absolute Gasteiger partial charge is 0.274 e. The van der Waals surface area contributed by atoms with E-state index in [9.17, 15) is 4.79 Å². The summed E-state index contributed by atoms with van der Waals surface area (Å²) in [5, 5.41) is 7.28. The van der Waals surface area contributed by atoms with E-state index in [4.69, 9.17) is 4.74 Å².